The highest BCUT2D eigenvalue weighted by Gasteiger charge is 2.56. The summed E-state index contributed by atoms with van der Waals surface area (Å²) in [4.78, 5) is 15.7. The van der Waals surface area contributed by atoms with E-state index in [1.807, 2.05) is 38.1 Å². The van der Waals surface area contributed by atoms with Gasteiger partial charge in [0.15, 0.2) is 5.60 Å². The molecule has 2 fully saturated rings. The summed E-state index contributed by atoms with van der Waals surface area (Å²) in [6.45, 7) is 8.80. The molecule has 6 heteroatoms. The van der Waals surface area contributed by atoms with Gasteiger partial charge >= 0.3 is 5.97 Å². The third-order valence-corrected chi connectivity index (χ3v) is 6.52. The Kier molecular flexibility index (Phi) is 8.14. The Morgan fingerprint density at radius 2 is 1.73 bits per heavy atom. The van der Waals surface area contributed by atoms with Crippen molar-refractivity contribution in [3.63, 3.8) is 0 Å². The number of carbonyl (C=O) groups excluding carboxylic acids is 1. The van der Waals surface area contributed by atoms with Crippen LogP contribution in [0.1, 0.15) is 57.9 Å². The summed E-state index contributed by atoms with van der Waals surface area (Å²) in [5.41, 5.74) is 0.110. The lowest BCUT2D eigenvalue weighted by Gasteiger charge is -2.35. The average Bonchev–Trinajstić information content (AvgIpc) is 3.16. The molecule has 0 bridgehead atoms. The van der Waals surface area contributed by atoms with Gasteiger partial charge in [-0.2, -0.15) is 0 Å². The summed E-state index contributed by atoms with van der Waals surface area (Å²) >= 11 is 0. The van der Waals surface area contributed by atoms with Gasteiger partial charge in [0.05, 0.1) is 19.8 Å². The number of likely N-dealkylation sites (tertiary alicyclic amines) is 1. The van der Waals surface area contributed by atoms with Crippen molar-refractivity contribution in [2.24, 2.45) is 0 Å². The van der Waals surface area contributed by atoms with E-state index in [4.69, 9.17) is 18.9 Å². The van der Waals surface area contributed by atoms with E-state index in [2.05, 4.69) is 11.8 Å². The Morgan fingerprint density at radius 3 is 2.30 bits per heavy atom. The molecule has 168 valence electrons. The predicted octanol–water partition coefficient (Wildman–Crippen LogP) is 3.78. The smallest absolute Gasteiger partial charge is 0.340 e. The maximum absolute atomic E-state index is 13.2. The number of carbonyl (C=O) groups is 1. The molecule has 0 unspecified atom stereocenters. The topological polar surface area (TPSA) is 57.2 Å². The molecule has 0 aromatic heterocycles. The summed E-state index contributed by atoms with van der Waals surface area (Å²) in [5, 5.41) is 0. The van der Waals surface area contributed by atoms with Crippen molar-refractivity contribution < 1.29 is 23.7 Å². The molecule has 2 atom stereocenters. The van der Waals surface area contributed by atoms with Gasteiger partial charge in [0.25, 0.3) is 0 Å². The fraction of sp³-hybridized carbons (Fsp3) is 0.708. The van der Waals surface area contributed by atoms with E-state index in [0.29, 0.717) is 31.9 Å². The number of rotatable bonds is 9. The van der Waals surface area contributed by atoms with Crippen LogP contribution in [-0.4, -0.2) is 68.6 Å². The zero-order valence-electron chi connectivity index (χ0n) is 18.9. The predicted molar refractivity (Wildman–Crippen MR) is 116 cm³/mol. The van der Waals surface area contributed by atoms with Crippen molar-refractivity contribution in [1.29, 1.82) is 0 Å². The van der Waals surface area contributed by atoms with Crippen LogP contribution in [-0.2, 0) is 19.0 Å². The van der Waals surface area contributed by atoms with Crippen LogP contribution in [0.5, 0.6) is 5.75 Å². The van der Waals surface area contributed by atoms with Crippen LogP contribution in [0, 0.1) is 0 Å². The third kappa shape index (κ3) is 4.82. The number of hydrogen-bond donors (Lipinski definition) is 0. The minimum atomic E-state index is -0.976. The highest BCUT2D eigenvalue weighted by atomic mass is 16.6. The average molecular weight is 420 g/mol. The highest BCUT2D eigenvalue weighted by Crippen LogP contribution is 2.43. The lowest BCUT2D eigenvalue weighted by Crippen LogP contribution is -2.50. The Bertz CT molecular complexity index is 671. The van der Waals surface area contributed by atoms with Crippen molar-refractivity contribution in [2.45, 2.75) is 70.1 Å². The minimum absolute atomic E-state index is 0.0768. The van der Waals surface area contributed by atoms with Gasteiger partial charge in [0.1, 0.15) is 5.75 Å². The first-order chi connectivity index (χ1) is 14.6. The molecule has 3 rings (SSSR count). The number of nitrogens with zero attached hydrogens (tertiary/aromatic N) is 1. The van der Waals surface area contributed by atoms with E-state index in [1.54, 1.807) is 7.11 Å². The first-order valence-corrected chi connectivity index (χ1v) is 11.4. The lowest BCUT2D eigenvalue weighted by molar-refractivity contribution is -0.172. The summed E-state index contributed by atoms with van der Waals surface area (Å²) in [6, 6.07) is 8.44. The number of esters is 1. The molecule has 30 heavy (non-hydrogen) atoms. The molecule has 1 saturated heterocycles. The molecule has 1 aromatic rings. The molecule has 6 nitrogen and oxygen atoms in total. The first kappa shape index (κ1) is 23.0. The zero-order valence-corrected chi connectivity index (χ0v) is 18.9. The highest BCUT2D eigenvalue weighted by molar-refractivity contribution is 5.82. The summed E-state index contributed by atoms with van der Waals surface area (Å²) < 4.78 is 22.9. The molecule has 0 radical (unpaired) electrons. The number of hydrogen-bond acceptors (Lipinski definition) is 6. The molecule has 2 aliphatic rings. The van der Waals surface area contributed by atoms with Gasteiger partial charge < -0.3 is 18.9 Å². The van der Waals surface area contributed by atoms with Gasteiger partial charge in [-0.15, -0.1) is 0 Å². The van der Waals surface area contributed by atoms with E-state index in [9.17, 15) is 4.79 Å². The second-order valence-corrected chi connectivity index (χ2v) is 8.18. The van der Waals surface area contributed by atoms with E-state index in [1.165, 1.54) is 0 Å². The summed E-state index contributed by atoms with van der Waals surface area (Å²) in [5.74, 6) is 0.478. The first-order valence-electron chi connectivity index (χ1n) is 11.4. The van der Waals surface area contributed by atoms with Crippen LogP contribution in [0.2, 0.25) is 0 Å². The molecule has 1 aliphatic carbocycles. The molecule has 0 amide bonds. The quantitative estimate of drug-likeness (QED) is 0.568. The van der Waals surface area contributed by atoms with E-state index < -0.39 is 5.60 Å². The van der Waals surface area contributed by atoms with E-state index >= 15 is 0 Å². The van der Waals surface area contributed by atoms with Gasteiger partial charge in [-0.25, -0.2) is 4.79 Å². The second-order valence-electron chi connectivity index (χ2n) is 8.18. The van der Waals surface area contributed by atoms with Crippen molar-refractivity contribution in [2.75, 3.05) is 40.0 Å². The van der Waals surface area contributed by atoms with E-state index in [0.717, 1.165) is 50.1 Å². The third-order valence-electron chi connectivity index (χ3n) is 6.52. The van der Waals surface area contributed by atoms with Crippen LogP contribution in [0.25, 0.3) is 0 Å². The molecule has 0 spiro atoms. The molecular formula is C24H37NO5. The van der Waals surface area contributed by atoms with Crippen molar-refractivity contribution in [3.05, 3.63) is 29.8 Å². The molecule has 0 N–H and O–H groups in total. The van der Waals surface area contributed by atoms with Gasteiger partial charge in [-0.1, -0.05) is 12.1 Å². The van der Waals surface area contributed by atoms with Crippen LogP contribution in [0.3, 0.4) is 0 Å². The Morgan fingerprint density at radius 1 is 1.03 bits per heavy atom. The minimum Gasteiger partial charge on any atom is -0.497 e. The van der Waals surface area contributed by atoms with Crippen molar-refractivity contribution >= 4 is 5.97 Å². The van der Waals surface area contributed by atoms with Gasteiger partial charge in [0.2, 0.25) is 0 Å². The Labute approximate surface area is 180 Å². The normalized spacial score (nSPS) is 29.7. The van der Waals surface area contributed by atoms with Crippen LogP contribution in [0.4, 0.5) is 0 Å². The van der Waals surface area contributed by atoms with Gasteiger partial charge in [-0.05, 0) is 64.2 Å². The molecule has 1 aromatic carbocycles. The van der Waals surface area contributed by atoms with Crippen LogP contribution >= 0.6 is 0 Å². The standard InChI is InChI=1S/C24H37NO5/c1-5-28-21-14-10-19(11-15-21)25-16-22(18-8-12-20(27-4)13-9-18)24(17-25,30-7-3)23(26)29-6-2/h8-9,12-13,19,21-22H,5-7,10-11,14-17H2,1-4H3/t19?,21?,22-,24-/m0/s1. The maximum Gasteiger partial charge on any atom is 0.340 e. The summed E-state index contributed by atoms with van der Waals surface area (Å²) in [7, 11) is 1.66. The fourth-order valence-electron chi connectivity index (χ4n) is 5.08. The Balaban J connectivity index is 1.85. The summed E-state index contributed by atoms with van der Waals surface area (Å²) in [6.07, 6.45) is 4.69. The molecule has 1 aliphatic heterocycles. The van der Waals surface area contributed by atoms with Gasteiger partial charge in [-0.3, -0.25) is 4.90 Å². The van der Waals surface area contributed by atoms with Gasteiger partial charge in [0, 0.05) is 38.3 Å². The molecule has 1 saturated carbocycles. The number of benzene rings is 1. The van der Waals surface area contributed by atoms with Crippen molar-refractivity contribution in [3.8, 4) is 5.75 Å². The Hall–Kier alpha value is -1.63. The van der Waals surface area contributed by atoms with Crippen LogP contribution < -0.4 is 4.74 Å². The second kappa shape index (κ2) is 10.6. The molecular weight excluding hydrogens is 382 g/mol. The maximum atomic E-state index is 13.2. The van der Waals surface area contributed by atoms with E-state index in [-0.39, 0.29) is 11.9 Å². The fourth-order valence-corrected chi connectivity index (χ4v) is 5.08. The largest absolute Gasteiger partial charge is 0.497 e. The van der Waals surface area contributed by atoms with Crippen LogP contribution in [0.15, 0.2) is 24.3 Å². The lowest BCUT2D eigenvalue weighted by atomic mass is 9.84. The number of ether oxygens (including phenoxy) is 4. The zero-order chi connectivity index (χ0) is 21.6. The number of methoxy groups -OCH3 is 1. The SMILES string of the molecule is CCOC(=O)[C@]1(OCC)CN(C2CCC(OCC)CC2)C[C@H]1c1ccc(OC)cc1. The molecule has 1 heterocycles. The van der Waals surface area contributed by atoms with Crippen molar-refractivity contribution in [1.82, 2.24) is 4.90 Å². The monoisotopic (exact) mass is 419 g/mol.